The van der Waals surface area contributed by atoms with Crippen LogP contribution in [0.15, 0.2) is 67.8 Å². The van der Waals surface area contributed by atoms with Crippen molar-refractivity contribution in [2.75, 3.05) is 11.4 Å². The highest BCUT2D eigenvalue weighted by Gasteiger charge is 2.30. The Morgan fingerprint density at radius 2 is 1.82 bits per heavy atom. The fourth-order valence-electron chi connectivity index (χ4n) is 4.35. The highest BCUT2D eigenvalue weighted by Crippen LogP contribution is 2.37. The van der Waals surface area contributed by atoms with E-state index in [1.807, 2.05) is 23.4 Å². The maximum absolute atomic E-state index is 14.5. The van der Waals surface area contributed by atoms with E-state index in [9.17, 15) is 8.78 Å². The number of benzene rings is 1. The number of anilines is 1. The number of rotatable bonds is 4. The zero-order valence-corrected chi connectivity index (χ0v) is 17.4. The summed E-state index contributed by atoms with van der Waals surface area (Å²) in [7, 11) is 0. The first-order valence-corrected chi connectivity index (χ1v) is 10.5. The molecule has 1 aliphatic rings. The second-order valence-electron chi connectivity index (χ2n) is 7.90. The third-order valence-corrected chi connectivity index (χ3v) is 5.92. The van der Waals surface area contributed by atoms with Gasteiger partial charge in [0.05, 0.1) is 18.4 Å². The van der Waals surface area contributed by atoms with E-state index >= 15 is 0 Å². The molecule has 5 aromatic rings. The third-order valence-electron chi connectivity index (χ3n) is 5.92. The van der Waals surface area contributed by atoms with Gasteiger partial charge < -0.3 is 4.90 Å². The highest BCUT2D eigenvalue weighted by molar-refractivity contribution is 5.64. The van der Waals surface area contributed by atoms with Gasteiger partial charge in [0.2, 0.25) is 0 Å². The van der Waals surface area contributed by atoms with E-state index in [4.69, 9.17) is 4.98 Å². The summed E-state index contributed by atoms with van der Waals surface area (Å²) < 4.78 is 31.7. The summed E-state index contributed by atoms with van der Waals surface area (Å²) in [6.45, 7) is 0.702. The molecule has 5 heterocycles. The van der Waals surface area contributed by atoms with Crippen molar-refractivity contribution in [1.29, 1.82) is 0 Å². The fourth-order valence-corrected chi connectivity index (χ4v) is 4.35. The summed E-state index contributed by atoms with van der Waals surface area (Å²) in [4.78, 5) is 14.9. The fraction of sp³-hybridized carbons (Fsp3) is 0.174. The molecule has 164 valence electrons. The molecule has 10 heteroatoms. The summed E-state index contributed by atoms with van der Waals surface area (Å²) in [5, 5.41) is 8.85. The number of halogens is 2. The molecule has 0 N–H and O–H groups in total. The van der Waals surface area contributed by atoms with E-state index in [1.54, 1.807) is 34.0 Å². The largest absolute Gasteiger partial charge is 0.349 e. The van der Waals surface area contributed by atoms with E-state index < -0.39 is 11.6 Å². The number of nitrogens with zero attached hydrogens (tertiary/aromatic N) is 8. The minimum absolute atomic E-state index is 0.281. The van der Waals surface area contributed by atoms with Crippen molar-refractivity contribution in [3.8, 4) is 16.8 Å². The van der Waals surface area contributed by atoms with Gasteiger partial charge in [-0.25, -0.2) is 32.9 Å². The Labute approximate surface area is 187 Å². The second kappa shape index (κ2) is 7.73. The van der Waals surface area contributed by atoms with Crippen molar-refractivity contribution in [3.05, 3.63) is 85.0 Å². The monoisotopic (exact) mass is 444 g/mol. The minimum atomic E-state index is -0.446. The summed E-state index contributed by atoms with van der Waals surface area (Å²) in [5.74, 6) is -0.175. The van der Waals surface area contributed by atoms with Gasteiger partial charge in [0.25, 0.3) is 0 Å². The quantitative estimate of drug-likeness (QED) is 0.417. The molecule has 0 bridgehead atoms. The second-order valence-corrected chi connectivity index (χ2v) is 7.90. The van der Waals surface area contributed by atoms with Crippen molar-refractivity contribution < 1.29 is 8.78 Å². The molecule has 1 atom stereocenters. The van der Waals surface area contributed by atoms with E-state index in [-0.39, 0.29) is 6.04 Å². The lowest BCUT2D eigenvalue weighted by molar-refractivity contribution is 0.560. The molecule has 0 unspecified atom stereocenters. The van der Waals surface area contributed by atoms with Crippen LogP contribution in [0.2, 0.25) is 0 Å². The molecular weight excluding hydrogens is 426 g/mol. The normalized spacial score (nSPS) is 16.1. The van der Waals surface area contributed by atoms with Crippen LogP contribution in [0.25, 0.3) is 22.5 Å². The number of hydrogen-bond acceptors (Lipinski definition) is 6. The van der Waals surface area contributed by atoms with Gasteiger partial charge >= 0.3 is 0 Å². The van der Waals surface area contributed by atoms with Crippen molar-refractivity contribution >= 4 is 11.5 Å². The zero-order chi connectivity index (χ0) is 22.4. The van der Waals surface area contributed by atoms with E-state index in [1.165, 1.54) is 18.5 Å². The maximum Gasteiger partial charge on any atom is 0.183 e. The van der Waals surface area contributed by atoms with E-state index in [2.05, 4.69) is 20.2 Å². The Kier molecular flexibility index (Phi) is 4.56. The van der Waals surface area contributed by atoms with Crippen LogP contribution < -0.4 is 4.90 Å². The molecule has 1 aliphatic heterocycles. The van der Waals surface area contributed by atoms with Gasteiger partial charge in [-0.05, 0) is 37.1 Å². The zero-order valence-electron chi connectivity index (χ0n) is 17.4. The van der Waals surface area contributed by atoms with Crippen LogP contribution in [-0.4, -0.2) is 40.9 Å². The number of aromatic nitrogens is 7. The summed E-state index contributed by atoms with van der Waals surface area (Å²) in [5.41, 5.74) is 3.38. The molecule has 0 spiro atoms. The van der Waals surface area contributed by atoms with Crippen molar-refractivity contribution in [1.82, 2.24) is 34.3 Å². The van der Waals surface area contributed by atoms with Crippen LogP contribution in [0.5, 0.6) is 0 Å². The Morgan fingerprint density at radius 3 is 2.70 bits per heavy atom. The standard InChI is InChI=1S/C23H18F2N8/c24-17-3-4-19(25)18(8-17)20-2-1-6-31(20)22-5-7-32-23(30-22)21(12-29-32)33-13-16(11-28-33)15-9-26-14-27-10-15/h3-5,7-14,20H,1-2,6H2/t20-/m1/s1. The van der Waals surface area contributed by atoms with Crippen LogP contribution in [0, 0.1) is 11.6 Å². The van der Waals surface area contributed by atoms with Gasteiger partial charge in [0.1, 0.15) is 29.5 Å². The average molecular weight is 444 g/mol. The van der Waals surface area contributed by atoms with Crippen LogP contribution in [-0.2, 0) is 0 Å². The van der Waals surface area contributed by atoms with Gasteiger partial charge in [-0.1, -0.05) is 0 Å². The van der Waals surface area contributed by atoms with Gasteiger partial charge in [0.15, 0.2) is 5.65 Å². The van der Waals surface area contributed by atoms with Gasteiger partial charge in [0, 0.05) is 48.0 Å². The van der Waals surface area contributed by atoms with Gasteiger partial charge in [-0.15, -0.1) is 0 Å². The topological polar surface area (TPSA) is 77.0 Å². The minimum Gasteiger partial charge on any atom is -0.349 e. The lowest BCUT2D eigenvalue weighted by Crippen LogP contribution is -2.24. The Balaban J connectivity index is 1.38. The SMILES string of the molecule is Fc1ccc(F)c([C@H]2CCCN2c2ccn3ncc(-n4cc(-c5cncnc5)cn4)c3n2)c1. The molecule has 33 heavy (non-hydrogen) atoms. The smallest absolute Gasteiger partial charge is 0.183 e. The predicted molar refractivity (Wildman–Crippen MR) is 117 cm³/mol. The van der Waals surface area contributed by atoms with E-state index in [0.717, 1.165) is 30.0 Å². The van der Waals surface area contributed by atoms with Crippen LogP contribution >= 0.6 is 0 Å². The Hall–Kier alpha value is -4.21. The summed E-state index contributed by atoms with van der Waals surface area (Å²) in [6.07, 6.45) is 13.6. The van der Waals surface area contributed by atoms with Crippen LogP contribution in [0.1, 0.15) is 24.4 Å². The molecule has 1 fully saturated rings. The van der Waals surface area contributed by atoms with Gasteiger partial charge in [-0.3, -0.25) is 0 Å². The maximum atomic E-state index is 14.5. The summed E-state index contributed by atoms with van der Waals surface area (Å²) >= 11 is 0. The number of fused-ring (bicyclic) bond motifs is 1. The lowest BCUT2D eigenvalue weighted by Gasteiger charge is -2.26. The summed E-state index contributed by atoms with van der Waals surface area (Å²) in [6, 6.07) is 5.16. The molecule has 0 radical (unpaired) electrons. The molecule has 1 saturated heterocycles. The molecular formula is C23H18F2N8. The average Bonchev–Trinajstić information content (AvgIpc) is 3.60. The van der Waals surface area contributed by atoms with Crippen molar-refractivity contribution in [2.45, 2.75) is 18.9 Å². The van der Waals surface area contributed by atoms with Crippen LogP contribution in [0.4, 0.5) is 14.6 Å². The highest BCUT2D eigenvalue weighted by atomic mass is 19.1. The number of hydrogen-bond donors (Lipinski definition) is 0. The first-order chi connectivity index (χ1) is 16.2. The Bertz CT molecular complexity index is 1450. The van der Waals surface area contributed by atoms with Crippen LogP contribution in [0.3, 0.4) is 0 Å². The third kappa shape index (κ3) is 3.39. The molecule has 8 nitrogen and oxygen atoms in total. The van der Waals surface area contributed by atoms with Gasteiger partial charge in [-0.2, -0.15) is 10.2 Å². The first-order valence-electron chi connectivity index (χ1n) is 10.5. The molecule has 6 rings (SSSR count). The molecule has 1 aromatic carbocycles. The molecule has 0 saturated carbocycles. The lowest BCUT2D eigenvalue weighted by atomic mass is 10.0. The Morgan fingerprint density at radius 1 is 0.939 bits per heavy atom. The van der Waals surface area contributed by atoms with Crippen molar-refractivity contribution in [2.24, 2.45) is 0 Å². The van der Waals surface area contributed by atoms with E-state index in [0.29, 0.717) is 29.3 Å². The molecule has 4 aromatic heterocycles. The first kappa shape index (κ1) is 19.5. The predicted octanol–water partition coefficient (Wildman–Crippen LogP) is 3.99. The molecule has 0 aliphatic carbocycles. The van der Waals surface area contributed by atoms with Crippen molar-refractivity contribution in [3.63, 3.8) is 0 Å². The molecule has 0 amide bonds.